The van der Waals surface area contributed by atoms with Crippen LogP contribution in [-0.4, -0.2) is 61.1 Å². The number of fused-ring (bicyclic) bond motifs is 2. The Bertz CT molecular complexity index is 1110. The van der Waals surface area contributed by atoms with Crippen molar-refractivity contribution in [2.45, 2.75) is 114 Å². The van der Waals surface area contributed by atoms with Crippen molar-refractivity contribution in [3.05, 3.63) is 40.3 Å². The summed E-state index contributed by atoms with van der Waals surface area (Å²) in [6.45, 7) is 7.10. The van der Waals surface area contributed by atoms with Gasteiger partial charge in [0.05, 0.1) is 13.2 Å². The molecule has 2 aliphatic rings. The molecule has 2 aliphatic heterocycles. The summed E-state index contributed by atoms with van der Waals surface area (Å²) < 4.78 is 10.5. The number of hydrogen-bond acceptors (Lipinski definition) is 9. The van der Waals surface area contributed by atoms with Crippen molar-refractivity contribution in [1.82, 2.24) is 15.9 Å². The Kier molecular flexibility index (Phi) is 15.1. The Hall–Kier alpha value is -2.54. The summed E-state index contributed by atoms with van der Waals surface area (Å²) >= 11 is 0. The molecule has 2 atom stereocenters. The van der Waals surface area contributed by atoms with E-state index in [2.05, 4.69) is 46.7 Å². The van der Waals surface area contributed by atoms with Crippen LogP contribution in [0.15, 0.2) is 29.4 Å². The zero-order chi connectivity index (χ0) is 32.0. The summed E-state index contributed by atoms with van der Waals surface area (Å²) in [5.41, 5.74) is 9.73. The van der Waals surface area contributed by atoms with Gasteiger partial charge in [-0.25, -0.2) is 4.79 Å². The van der Waals surface area contributed by atoms with Gasteiger partial charge in [0.15, 0.2) is 0 Å². The second kappa shape index (κ2) is 18.4. The number of rotatable bonds is 16. The Balaban J connectivity index is 1.46. The number of carbonyl (C=O) groups excluding carboxylic acids is 3. The SMILES string of the molecule is COC(=O)[C@H](CCCCNC(=O)[C@H](CSSC(C)(C)C)NC(=O)OCc1ccc(N=[N+]=[N-])cc1)NB1[C@H]2CCC[C@@H]1CCC2. The molecule has 0 aromatic heterocycles. The van der Waals surface area contributed by atoms with Gasteiger partial charge in [0, 0.05) is 27.6 Å². The number of benzene rings is 1. The predicted octanol–water partition coefficient (Wildman–Crippen LogP) is 6.92. The topological polar surface area (TPSA) is 155 Å². The monoisotopic (exact) mass is 646 g/mol. The van der Waals surface area contributed by atoms with Crippen LogP contribution in [0.1, 0.15) is 84.1 Å². The number of ether oxygens (including phenoxy) is 2. The van der Waals surface area contributed by atoms with Crippen LogP contribution in [-0.2, 0) is 25.7 Å². The molecule has 2 fully saturated rings. The number of hydrogen-bond donors (Lipinski definition) is 3. The van der Waals surface area contributed by atoms with Crippen LogP contribution in [0.5, 0.6) is 0 Å². The van der Waals surface area contributed by atoms with E-state index in [4.69, 9.17) is 15.0 Å². The van der Waals surface area contributed by atoms with Crippen molar-refractivity contribution >= 4 is 52.1 Å². The van der Waals surface area contributed by atoms with Crippen LogP contribution >= 0.6 is 21.6 Å². The normalized spacial score (nSPS) is 19.2. The lowest BCUT2D eigenvalue weighted by molar-refractivity contribution is -0.142. The van der Waals surface area contributed by atoms with Crippen molar-refractivity contribution in [3.63, 3.8) is 0 Å². The average molecular weight is 647 g/mol. The van der Waals surface area contributed by atoms with E-state index < -0.39 is 12.1 Å². The molecular formula is C30H47BN6O5S2. The predicted molar refractivity (Wildman–Crippen MR) is 179 cm³/mol. The zero-order valence-electron chi connectivity index (χ0n) is 26.4. The van der Waals surface area contributed by atoms with Crippen LogP contribution in [0.4, 0.5) is 10.5 Å². The van der Waals surface area contributed by atoms with E-state index in [1.807, 2.05) is 0 Å². The Labute approximate surface area is 269 Å². The summed E-state index contributed by atoms with van der Waals surface area (Å²) in [6.07, 6.45) is 8.90. The second-order valence-electron chi connectivity index (χ2n) is 12.5. The van der Waals surface area contributed by atoms with Gasteiger partial charge in [-0.2, -0.15) is 0 Å². The number of methoxy groups -OCH3 is 1. The lowest BCUT2D eigenvalue weighted by Gasteiger charge is -2.41. The van der Waals surface area contributed by atoms with Crippen LogP contribution in [0.25, 0.3) is 10.4 Å². The zero-order valence-corrected chi connectivity index (χ0v) is 28.0. The van der Waals surface area contributed by atoms with Crippen molar-refractivity contribution in [2.75, 3.05) is 19.4 Å². The smallest absolute Gasteiger partial charge is 0.408 e. The quantitative estimate of drug-likeness (QED) is 0.0333. The first-order valence-electron chi connectivity index (χ1n) is 15.6. The molecule has 0 spiro atoms. The maximum Gasteiger partial charge on any atom is 0.408 e. The maximum absolute atomic E-state index is 13.1. The molecule has 1 aromatic rings. The molecule has 14 heteroatoms. The third-order valence-corrected chi connectivity index (χ3v) is 11.4. The summed E-state index contributed by atoms with van der Waals surface area (Å²) in [5.74, 6) is 1.16. The summed E-state index contributed by atoms with van der Waals surface area (Å²) in [7, 11) is 4.60. The second-order valence-corrected chi connectivity index (χ2v) is 15.7. The van der Waals surface area contributed by atoms with Crippen molar-refractivity contribution in [1.29, 1.82) is 0 Å². The Morgan fingerprint density at radius 2 is 1.73 bits per heavy atom. The third kappa shape index (κ3) is 12.5. The number of amides is 2. The Morgan fingerprint density at radius 1 is 1.07 bits per heavy atom. The largest absolute Gasteiger partial charge is 0.468 e. The molecule has 2 saturated heterocycles. The molecular weight excluding hydrogens is 599 g/mol. The van der Waals surface area contributed by atoms with Gasteiger partial charge in [-0.15, -0.1) is 0 Å². The van der Waals surface area contributed by atoms with E-state index in [1.54, 1.807) is 35.1 Å². The third-order valence-electron chi connectivity index (χ3n) is 8.03. The van der Waals surface area contributed by atoms with Gasteiger partial charge in [-0.1, -0.05) is 110 Å². The highest BCUT2D eigenvalue weighted by atomic mass is 33.1. The number of nitrogens with one attached hydrogen (secondary N) is 3. The summed E-state index contributed by atoms with van der Waals surface area (Å²) in [5, 5.41) is 12.9. The lowest BCUT2D eigenvalue weighted by atomic mass is 9.34. The fourth-order valence-corrected chi connectivity index (χ4v) is 8.37. The molecule has 242 valence electrons. The van der Waals surface area contributed by atoms with Gasteiger partial charge in [-0.3, -0.25) is 9.59 Å². The Morgan fingerprint density at radius 3 is 2.32 bits per heavy atom. The summed E-state index contributed by atoms with van der Waals surface area (Å²) in [4.78, 5) is 41.0. The molecule has 0 unspecified atom stereocenters. The van der Waals surface area contributed by atoms with Gasteiger partial charge in [0.1, 0.15) is 12.6 Å². The van der Waals surface area contributed by atoms with E-state index >= 15 is 0 Å². The standard InChI is InChI=1S/C30H47BN6O5S2/c1-30(2,3)44-43-20-26(34-29(40)42-19-21-14-16-24(17-15-21)36-37-32)27(38)33-18-6-5-13-25(28(39)41-4)35-31-22-9-7-10-23(31)12-8-11-22/h14-17,22-23,25-26,35H,5-13,18-20H2,1-4H3,(H,33,38)(H,34,40)/t22-,23+,25-,26-/m0/s1. The van der Waals surface area contributed by atoms with Crippen LogP contribution < -0.4 is 15.9 Å². The number of nitrogens with zero attached hydrogens (tertiary/aromatic N) is 3. The van der Waals surface area contributed by atoms with E-state index in [0.29, 0.717) is 49.3 Å². The molecule has 3 rings (SSSR count). The van der Waals surface area contributed by atoms with Gasteiger partial charge >= 0.3 is 12.1 Å². The van der Waals surface area contributed by atoms with Crippen LogP contribution in [0.2, 0.25) is 11.6 Å². The molecule has 0 saturated carbocycles. The minimum atomic E-state index is -0.773. The molecule has 2 amide bonds. The molecule has 11 nitrogen and oxygen atoms in total. The lowest BCUT2D eigenvalue weighted by Crippen LogP contribution is -2.53. The minimum absolute atomic E-state index is 0.00551. The van der Waals surface area contributed by atoms with E-state index in [1.165, 1.54) is 56.4 Å². The van der Waals surface area contributed by atoms with E-state index in [0.717, 1.165) is 12.0 Å². The van der Waals surface area contributed by atoms with Crippen molar-refractivity contribution in [3.8, 4) is 0 Å². The number of alkyl carbamates (subject to hydrolysis) is 1. The summed E-state index contributed by atoms with van der Waals surface area (Å²) in [6, 6.07) is 5.57. The number of esters is 1. The molecule has 2 heterocycles. The highest BCUT2D eigenvalue weighted by Gasteiger charge is 2.41. The van der Waals surface area contributed by atoms with Gasteiger partial charge in [-0.05, 0) is 42.0 Å². The van der Waals surface area contributed by atoms with Gasteiger partial charge < -0.3 is 25.3 Å². The maximum atomic E-state index is 13.1. The first-order chi connectivity index (χ1) is 21.1. The fourth-order valence-electron chi connectivity index (χ4n) is 5.91. The first-order valence-corrected chi connectivity index (χ1v) is 17.9. The molecule has 0 radical (unpaired) electrons. The molecule has 44 heavy (non-hydrogen) atoms. The molecule has 3 N–H and O–H groups in total. The highest BCUT2D eigenvalue weighted by molar-refractivity contribution is 8.77. The minimum Gasteiger partial charge on any atom is -0.468 e. The molecule has 0 aliphatic carbocycles. The molecule has 2 bridgehead atoms. The van der Waals surface area contributed by atoms with Crippen LogP contribution in [0.3, 0.4) is 0 Å². The van der Waals surface area contributed by atoms with Crippen LogP contribution in [0, 0.1) is 0 Å². The van der Waals surface area contributed by atoms with E-state index in [9.17, 15) is 14.4 Å². The van der Waals surface area contributed by atoms with Crippen molar-refractivity contribution < 1.29 is 23.9 Å². The number of azide groups is 1. The molecule has 1 aromatic carbocycles. The number of unbranched alkanes of at least 4 members (excludes halogenated alkanes) is 1. The first kappa shape index (κ1) is 35.9. The fraction of sp³-hybridized carbons (Fsp3) is 0.700. The van der Waals surface area contributed by atoms with Crippen molar-refractivity contribution in [2.24, 2.45) is 5.11 Å². The van der Waals surface area contributed by atoms with Gasteiger partial charge in [0.25, 0.3) is 0 Å². The average Bonchev–Trinajstić information content (AvgIpc) is 2.98. The van der Waals surface area contributed by atoms with E-state index in [-0.39, 0.29) is 29.3 Å². The highest BCUT2D eigenvalue weighted by Crippen LogP contribution is 2.45. The van der Waals surface area contributed by atoms with Gasteiger partial charge in [0.2, 0.25) is 12.8 Å². The number of carbonyl (C=O) groups is 3.